The van der Waals surface area contributed by atoms with Crippen molar-refractivity contribution in [1.29, 1.82) is 0 Å². The maximum atomic E-state index is 13.1. The third-order valence-electron chi connectivity index (χ3n) is 5.40. The summed E-state index contributed by atoms with van der Waals surface area (Å²) in [6.07, 6.45) is -5.22. The minimum atomic E-state index is -4.89. The standard InChI is InChI=1S/C28H28F3NO5/c1-18(2)16-24(20-8-10-21(11-9-20)27(35)32-15-14-26(33)34)36-25-17-22(19-6-4-3-5-7-19)12-13-23(25)37-28(29,30)31/h3-13,17-18,24H,14-16H2,1-2H3,(H,32,35)(H,33,34). The number of carbonyl (C=O) groups is 2. The van der Waals surface area contributed by atoms with Crippen LogP contribution in [0.4, 0.5) is 13.2 Å². The second-order valence-corrected chi connectivity index (χ2v) is 8.83. The number of benzene rings is 3. The first kappa shape index (κ1) is 27.6. The maximum absolute atomic E-state index is 13.1. The summed E-state index contributed by atoms with van der Waals surface area (Å²) in [5.74, 6) is -1.80. The molecule has 9 heteroatoms. The summed E-state index contributed by atoms with van der Waals surface area (Å²) in [6, 6.07) is 20.0. The highest BCUT2D eigenvalue weighted by Crippen LogP contribution is 2.39. The lowest BCUT2D eigenvalue weighted by atomic mass is 9.98. The van der Waals surface area contributed by atoms with Crippen LogP contribution >= 0.6 is 0 Å². The largest absolute Gasteiger partial charge is 0.573 e. The first-order chi connectivity index (χ1) is 17.5. The van der Waals surface area contributed by atoms with E-state index < -0.39 is 30.1 Å². The molecule has 0 radical (unpaired) electrons. The summed E-state index contributed by atoms with van der Waals surface area (Å²) in [4.78, 5) is 22.9. The Kier molecular flexibility index (Phi) is 9.16. The molecule has 0 fully saturated rings. The van der Waals surface area contributed by atoms with Crippen LogP contribution in [0, 0.1) is 5.92 Å². The zero-order valence-electron chi connectivity index (χ0n) is 20.4. The molecule has 1 amide bonds. The first-order valence-electron chi connectivity index (χ1n) is 11.7. The fourth-order valence-electron chi connectivity index (χ4n) is 3.69. The van der Waals surface area contributed by atoms with Gasteiger partial charge in [-0.1, -0.05) is 62.4 Å². The topological polar surface area (TPSA) is 84.9 Å². The Bertz CT molecular complexity index is 1190. The number of carboxylic acid groups (broad SMARTS) is 1. The van der Waals surface area contributed by atoms with Gasteiger partial charge in [0.2, 0.25) is 0 Å². The van der Waals surface area contributed by atoms with Crippen LogP contribution in [0.5, 0.6) is 11.5 Å². The van der Waals surface area contributed by atoms with Crippen LogP contribution in [0.2, 0.25) is 0 Å². The van der Waals surface area contributed by atoms with Gasteiger partial charge in [-0.3, -0.25) is 9.59 Å². The van der Waals surface area contributed by atoms with Gasteiger partial charge in [0.15, 0.2) is 11.5 Å². The molecule has 0 spiro atoms. The molecule has 3 rings (SSSR count). The predicted molar refractivity (Wildman–Crippen MR) is 132 cm³/mol. The molecule has 3 aromatic rings. The van der Waals surface area contributed by atoms with E-state index in [0.29, 0.717) is 23.1 Å². The molecule has 0 aliphatic carbocycles. The van der Waals surface area contributed by atoms with E-state index in [1.165, 1.54) is 12.1 Å². The van der Waals surface area contributed by atoms with Gasteiger partial charge in [0.1, 0.15) is 6.10 Å². The Hall–Kier alpha value is -4.01. The van der Waals surface area contributed by atoms with E-state index >= 15 is 0 Å². The molecular weight excluding hydrogens is 487 g/mol. The van der Waals surface area contributed by atoms with Crippen molar-refractivity contribution in [2.45, 2.75) is 39.2 Å². The number of hydrogen-bond donors (Lipinski definition) is 2. The quantitative estimate of drug-likeness (QED) is 0.300. The molecule has 2 N–H and O–H groups in total. The Morgan fingerprint density at radius 1 is 0.919 bits per heavy atom. The van der Waals surface area contributed by atoms with E-state index in [1.54, 1.807) is 30.3 Å². The molecule has 0 heterocycles. The second-order valence-electron chi connectivity index (χ2n) is 8.83. The van der Waals surface area contributed by atoms with Crippen LogP contribution in [0.25, 0.3) is 11.1 Å². The van der Waals surface area contributed by atoms with Crippen LogP contribution < -0.4 is 14.8 Å². The van der Waals surface area contributed by atoms with E-state index in [1.807, 2.05) is 44.2 Å². The molecule has 0 saturated heterocycles. The van der Waals surface area contributed by atoms with E-state index in [4.69, 9.17) is 9.84 Å². The zero-order chi connectivity index (χ0) is 27.0. The number of carbonyl (C=O) groups excluding carboxylic acids is 1. The minimum Gasteiger partial charge on any atom is -0.482 e. The minimum absolute atomic E-state index is 0.00522. The fraction of sp³-hybridized carbons (Fsp3) is 0.286. The van der Waals surface area contributed by atoms with Gasteiger partial charge in [0.05, 0.1) is 6.42 Å². The van der Waals surface area contributed by atoms with Gasteiger partial charge >= 0.3 is 12.3 Å². The van der Waals surface area contributed by atoms with Gasteiger partial charge in [0, 0.05) is 12.1 Å². The summed E-state index contributed by atoms with van der Waals surface area (Å²) >= 11 is 0. The summed E-state index contributed by atoms with van der Waals surface area (Å²) in [5.41, 5.74) is 2.47. The van der Waals surface area contributed by atoms with Crippen LogP contribution in [0.3, 0.4) is 0 Å². The normalized spacial score (nSPS) is 12.2. The van der Waals surface area contributed by atoms with Crippen molar-refractivity contribution >= 4 is 11.9 Å². The fourth-order valence-corrected chi connectivity index (χ4v) is 3.69. The monoisotopic (exact) mass is 515 g/mol. The molecular formula is C28H28F3NO5. The van der Waals surface area contributed by atoms with Crippen LogP contribution in [0.1, 0.15) is 48.7 Å². The number of nitrogens with one attached hydrogen (secondary N) is 1. The average molecular weight is 516 g/mol. The number of hydrogen-bond acceptors (Lipinski definition) is 4. The molecule has 0 aromatic heterocycles. The van der Waals surface area contributed by atoms with Crippen molar-refractivity contribution in [3.8, 4) is 22.6 Å². The van der Waals surface area contributed by atoms with E-state index in [9.17, 15) is 22.8 Å². The van der Waals surface area contributed by atoms with Gasteiger partial charge in [-0.25, -0.2) is 0 Å². The lowest BCUT2D eigenvalue weighted by Crippen LogP contribution is -2.26. The smallest absolute Gasteiger partial charge is 0.482 e. The van der Waals surface area contributed by atoms with Crippen molar-refractivity contribution in [3.63, 3.8) is 0 Å². The molecule has 6 nitrogen and oxygen atoms in total. The maximum Gasteiger partial charge on any atom is 0.573 e. The summed E-state index contributed by atoms with van der Waals surface area (Å²) in [7, 11) is 0. The van der Waals surface area contributed by atoms with E-state index in [0.717, 1.165) is 5.56 Å². The Morgan fingerprint density at radius 2 is 1.59 bits per heavy atom. The number of carboxylic acids is 1. The van der Waals surface area contributed by atoms with Gasteiger partial charge in [-0.15, -0.1) is 13.2 Å². The Morgan fingerprint density at radius 3 is 2.19 bits per heavy atom. The molecule has 1 unspecified atom stereocenters. The predicted octanol–water partition coefficient (Wildman–Crippen LogP) is 6.62. The van der Waals surface area contributed by atoms with Crippen molar-refractivity contribution < 1.29 is 37.3 Å². The number of alkyl halides is 3. The van der Waals surface area contributed by atoms with Crippen LogP contribution in [-0.2, 0) is 4.79 Å². The van der Waals surface area contributed by atoms with E-state index in [2.05, 4.69) is 10.1 Å². The lowest BCUT2D eigenvalue weighted by Gasteiger charge is -2.24. The number of rotatable bonds is 11. The Labute approximate surface area is 213 Å². The summed E-state index contributed by atoms with van der Waals surface area (Å²) < 4.78 is 49.8. The van der Waals surface area contributed by atoms with Crippen molar-refractivity contribution in [2.24, 2.45) is 5.92 Å². The zero-order valence-corrected chi connectivity index (χ0v) is 20.4. The third kappa shape index (κ3) is 8.56. The molecule has 3 aromatic carbocycles. The molecule has 37 heavy (non-hydrogen) atoms. The number of aliphatic carboxylic acids is 1. The molecule has 0 aliphatic rings. The van der Waals surface area contributed by atoms with Gasteiger partial charge < -0.3 is 19.9 Å². The Balaban J connectivity index is 1.89. The third-order valence-corrected chi connectivity index (χ3v) is 5.40. The highest BCUT2D eigenvalue weighted by atomic mass is 19.4. The summed E-state index contributed by atoms with van der Waals surface area (Å²) in [6.45, 7) is 3.93. The van der Waals surface area contributed by atoms with Crippen LogP contribution in [0.15, 0.2) is 72.8 Å². The number of halogens is 3. The first-order valence-corrected chi connectivity index (χ1v) is 11.7. The molecule has 0 bridgehead atoms. The molecule has 1 atom stereocenters. The van der Waals surface area contributed by atoms with Crippen LogP contribution in [-0.4, -0.2) is 29.9 Å². The summed E-state index contributed by atoms with van der Waals surface area (Å²) in [5, 5.41) is 11.2. The highest BCUT2D eigenvalue weighted by Gasteiger charge is 2.33. The van der Waals surface area contributed by atoms with Gasteiger partial charge in [-0.05, 0) is 53.3 Å². The molecule has 196 valence electrons. The van der Waals surface area contributed by atoms with Crippen molar-refractivity contribution in [2.75, 3.05) is 6.54 Å². The number of ether oxygens (including phenoxy) is 2. The average Bonchev–Trinajstić information content (AvgIpc) is 2.84. The SMILES string of the molecule is CC(C)CC(Oc1cc(-c2ccccc2)ccc1OC(F)(F)F)c1ccc(C(=O)NCCC(=O)O)cc1. The van der Waals surface area contributed by atoms with E-state index in [-0.39, 0.29) is 24.6 Å². The number of amides is 1. The molecule has 0 saturated carbocycles. The second kappa shape index (κ2) is 12.3. The van der Waals surface area contributed by atoms with Gasteiger partial charge in [-0.2, -0.15) is 0 Å². The molecule has 0 aliphatic heterocycles. The highest BCUT2D eigenvalue weighted by molar-refractivity contribution is 5.94. The van der Waals surface area contributed by atoms with Crippen molar-refractivity contribution in [3.05, 3.63) is 83.9 Å². The van der Waals surface area contributed by atoms with Crippen molar-refractivity contribution in [1.82, 2.24) is 5.32 Å². The van der Waals surface area contributed by atoms with Gasteiger partial charge in [0.25, 0.3) is 5.91 Å². The lowest BCUT2D eigenvalue weighted by molar-refractivity contribution is -0.275.